The molecule has 60 valence electrons. The molecule has 0 aliphatic heterocycles. The predicted molar refractivity (Wildman–Crippen MR) is 46.8 cm³/mol. The van der Waals surface area contributed by atoms with Gasteiger partial charge in [-0.25, -0.2) is 0 Å². The first-order chi connectivity index (χ1) is 5.84. The van der Waals surface area contributed by atoms with Gasteiger partial charge < -0.3 is 9.51 Å². The van der Waals surface area contributed by atoms with Crippen molar-refractivity contribution in [3.05, 3.63) is 28.0 Å². The summed E-state index contributed by atoms with van der Waals surface area (Å²) in [6, 6.07) is 2.07. The van der Waals surface area contributed by atoms with Crippen LogP contribution in [0.25, 0.3) is 11.5 Å². The fourth-order valence-corrected chi connectivity index (χ4v) is 2.07. The van der Waals surface area contributed by atoms with Gasteiger partial charge in [-0.15, -0.1) is 0 Å². The Kier molecular flexibility index (Phi) is 1.09. The van der Waals surface area contributed by atoms with Crippen LogP contribution in [0.2, 0.25) is 0 Å². The van der Waals surface area contributed by atoms with Crippen LogP contribution in [-0.4, -0.2) is 10.1 Å². The zero-order chi connectivity index (χ0) is 8.13. The lowest BCUT2D eigenvalue weighted by molar-refractivity contribution is 0.431. The second-order valence-electron chi connectivity index (χ2n) is 2.87. The van der Waals surface area contributed by atoms with E-state index in [9.17, 15) is 0 Å². The van der Waals surface area contributed by atoms with Gasteiger partial charge in [0.25, 0.3) is 0 Å². The highest BCUT2D eigenvalue weighted by atomic mass is 79.9. The van der Waals surface area contributed by atoms with Crippen LogP contribution < -0.4 is 0 Å². The maximum atomic E-state index is 5.11. The zero-order valence-electron chi connectivity index (χ0n) is 6.10. The summed E-state index contributed by atoms with van der Waals surface area (Å²) < 4.78 is 6.11. The summed E-state index contributed by atoms with van der Waals surface area (Å²) >= 11 is 3.38. The van der Waals surface area contributed by atoms with Crippen molar-refractivity contribution >= 4 is 15.9 Å². The molecule has 2 aromatic heterocycles. The number of nitrogens with zero attached hydrogens (tertiary/aromatic N) is 1. The Bertz CT molecular complexity index is 444. The summed E-state index contributed by atoms with van der Waals surface area (Å²) in [5.74, 6) is 0.885. The second-order valence-corrected chi connectivity index (χ2v) is 3.73. The van der Waals surface area contributed by atoms with Crippen molar-refractivity contribution in [2.24, 2.45) is 0 Å². The molecule has 0 aromatic carbocycles. The number of rotatable bonds is 0. The van der Waals surface area contributed by atoms with E-state index in [0.717, 1.165) is 22.5 Å². The van der Waals surface area contributed by atoms with Crippen molar-refractivity contribution in [1.29, 1.82) is 0 Å². The third-order valence-electron chi connectivity index (χ3n) is 2.12. The van der Waals surface area contributed by atoms with Gasteiger partial charge >= 0.3 is 0 Å². The Hall–Kier alpha value is -1.03. The monoisotopic (exact) mass is 224 g/mol. The van der Waals surface area contributed by atoms with Gasteiger partial charge in [-0.3, -0.25) is 0 Å². The molecule has 4 heteroatoms. The van der Waals surface area contributed by atoms with Gasteiger partial charge in [0.05, 0.1) is 16.5 Å². The molecular formula is C8H5BrN2O. The van der Waals surface area contributed by atoms with Gasteiger partial charge in [-0.2, -0.15) is 0 Å². The Morgan fingerprint density at radius 2 is 2.42 bits per heavy atom. The highest BCUT2D eigenvalue weighted by Crippen LogP contribution is 2.37. The molecule has 0 saturated carbocycles. The molecule has 2 aromatic rings. The standard InChI is InChI=1S/C8H5BrN2O/c9-6-2-4-1-5-3-10-12-8(5)7(4)11-6/h2-3,11H,1H2. The van der Waals surface area contributed by atoms with Crippen LogP contribution in [-0.2, 0) is 6.42 Å². The summed E-state index contributed by atoms with van der Waals surface area (Å²) in [4.78, 5) is 3.18. The van der Waals surface area contributed by atoms with Gasteiger partial charge in [-0.05, 0) is 27.6 Å². The first-order valence-corrected chi connectivity index (χ1v) is 4.45. The molecule has 0 fully saturated rings. The lowest BCUT2D eigenvalue weighted by atomic mass is 10.2. The molecule has 0 spiro atoms. The average Bonchev–Trinajstić information content (AvgIpc) is 2.59. The number of fused-ring (bicyclic) bond motifs is 3. The molecule has 1 N–H and O–H groups in total. The number of nitrogens with one attached hydrogen (secondary N) is 1. The third-order valence-corrected chi connectivity index (χ3v) is 2.55. The molecule has 0 radical (unpaired) electrons. The predicted octanol–water partition coefficient (Wildman–Crippen LogP) is 2.34. The van der Waals surface area contributed by atoms with E-state index in [1.165, 1.54) is 11.1 Å². The second kappa shape index (κ2) is 2.01. The third kappa shape index (κ3) is 0.679. The highest BCUT2D eigenvalue weighted by molar-refractivity contribution is 9.10. The van der Waals surface area contributed by atoms with E-state index in [2.05, 4.69) is 32.1 Å². The SMILES string of the molecule is Brc1cc2c([nH]1)-c1oncc1C2. The van der Waals surface area contributed by atoms with E-state index >= 15 is 0 Å². The molecule has 2 heterocycles. The fraction of sp³-hybridized carbons (Fsp3) is 0.125. The summed E-state index contributed by atoms with van der Waals surface area (Å²) in [5.41, 5.74) is 3.51. The number of halogens is 1. The van der Waals surface area contributed by atoms with Gasteiger partial charge in [-0.1, -0.05) is 5.16 Å². The van der Waals surface area contributed by atoms with Crippen LogP contribution >= 0.6 is 15.9 Å². The lowest BCUT2D eigenvalue weighted by Crippen LogP contribution is -1.74. The topological polar surface area (TPSA) is 41.8 Å². The normalized spacial score (nSPS) is 13.1. The summed E-state index contributed by atoms with van der Waals surface area (Å²) in [5, 5.41) is 3.74. The Morgan fingerprint density at radius 1 is 1.50 bits per heavy atom. The fourth-order valence-electron chi connectivity index (χ4n) is 1.60. The van der Waals surface area contributed by atoms with Crippen LogP contribution in [0.3, 0.4) is 0 Å². The van der Waals surface area contributed by atoms with Gasteiger partial charge in [0, 0.05) is 12.0 Å². The van der Waals surface area contributed by atoms with E-state index in [4.69, 9.17) is 4.52 Å². The highest BCUT2D eigenvalue weighted by Gasteiger charge is 2.24. The van der Waals surface area contributed by atoms with Gasteiger partial charge in [0.2, 0.25) is 0 Å². The van der Waals surface area contributed by atoms with Crippen molar-refractivity contribution in [3.8, 4) is 11.5 Å². The number of hydrogen-bond acceptors (Lipinski definition) is 2. The largest absolute Gasteiger partial charge is 0.354 e. The molecule has 0 saturated heterocycles. The quantitative estimate of drug-likeness (QED) is 0.637. The van der Waals surface area contributed by atoms with Crippen LogP contribution in [0, 0.1) is 0 Å². The van der Waals surface area contributed by atoms with Crippen LogP contribution in [0.5, 0.6) is 0 Å². The smallest absolute Gasteiger partial charge is 0.186 e. The molecule has 0 unspecified atom stereocenters. The van der Waals surface area contributed by atoms with E-state index < -0.39 is 0 Å². The van der Waals surface area contributed by atoms with Crippen molar-refractivity contribution < 1.29 is 4.52 Å². The molecule has 1 aliphatic carbocycles. The Balaban J connectivity index is 2.32. The maximum absolute atomic E-state index is 5.11. The molecule has 0 atom stereocenters. The van der Waals surface area contributed by atoms with E-state index in [0.29, 0.717) is 0 Å². The van der Waals surface area contributed by atoms with Crippen molar-refractivity contribution in [1.82, 2.24) is 10.1 Å². The van der Waals surface area contributed by atoms with Crippen molar-refractivity contribution in [2.45, 2.75) is 6.42 Å². The first kappa shape index (κ1) is 6.48. The summed E-state index contributed by atoms with van der Waals surface area (Å²) in [6.07, 6.45) is 2.70. The molecule has 1 aliphatic rings. The summed E-state index contributed by atoms with van der Waals surface area (Å²) in [7, 11) is 0. The van der Waals surface area contributed by atoms with E-state index in [-0.39, 0.29) is 0 Å². The molecule has 12 heavy (non-hydrogen) atoms. The maximum Gasteiger partial charge on any atom is 0.186 e. The molecule has 3 rings (SSSR count). The number of hydrogen-bond donors (Lipinski definition) is 1. The minimum absolute atomic E-state index is 0.885. The number of aromatic nitrogens is 2. The number of aromatic amines is 1. The minimum Gasteiger partial charge on any atom is -0.354 e. The Morgan fingerprint density at radius 3 is 3.33 bits per heavy atom. The Labute approximate surface area is 76.9 Å². The minimum atomic E-state index is 0.885. The van der Waals surface area contributed by atoms with Crippen molar-refractivity contribution in [2.75, 3.05) is 0 Å². The van der Waals surface area contributed by atoms with E-state index in [1.54, 1.807) is 6.20 Å². The van der Waals surface area contributed by atoms with E-state index in [1.807, 2.05) is 0 Å². The molecule has 0 amide bonds. The molecular weight excluding hydrogens is 220 g/mol. The number of H-pyrrole nitrogens is 1. The van der Waals surface area contributed by atoms with Gasteiger partial charge in [0.15, 0.2) is 5.76 Å². The average molecular weight is 225 g/mol. The molecule has 3 nitrogen and oxygen atoms in total. The van der Waals surface area contributed by atoms with Crippen LogP contribution in [0.4, 0.5) is 0 Å². The molecule has 0 bridgehead atoms. The van der Waals surface area contributed by atoms with Crippen LogP contribution in [0.15, 0.2) is 21.4 Å². The first-order valence-electron chi connectivity index (χ1n) is 3.66. The van der Waals surface area contributed by atoms with Gasteiger partial charge in [0.1, 0.15) is 0 Å². The zero-order valence-corrected chi connectivity index (χ0v) is 7.68. The lowest BCUT2D eigenvalue weighted by Gasteiger charge is -1.85. The van der Waals surface area contributed by atoms with Crippen LogP contribution in [0.1, 0.15) is 11.1 Å². The summed E-state index contributed by atoms with van der Waals surface area (Å²) in [6.45, 7) is 0. The van der Waals surface area contributed by atoms with Crippen molar-refractivity contribution in [3.63, 3.8) is 0 Å².